The Morgan fingerprint density at radius 3 is 2.61 bits per heavy atom. The van der Waals surface area contributed by atoms with Crippen LogP contribution in [-0.4, -0.2) is 34.1 Å². The summed E-state index contributed by atoms with van der Waals surface area (Å²) in [5, 5.41) is 8.09. The fourth-order valence-electron chi connectivity index (χ4n) is 4.73. The second-order valence-electron chi connectivity index (χ2n) is 8.75. The van der Waals surface area contributed by atoms with Crippen molar-refractivity contribution in [3.8, 4) is 0 Å². The molecule has 1 aliphatic heterocycles. The maximum Gasteiger partial charge on any atom is 0.223 e. The molecule has 0 saturated carbocycles. The minimum atomic E-state index is 0.277. The van der Waals surface area contributed by atoms with Crippen molar-refractivity contribution in [1.29, 1.82) is 0 Å². The van der Waals surface area contributed by atoms with Gasteiger partial charge in [-0.05, 0) is 60.6 Å². The van der Waals surface area contributed by atoms with Crippen molar-refractivity contribution in [2.45, 2.75) is 71.1 Å². The number of benzene rings is 1. The summed E-state index contributed by atoms with van der Waals surface area (Å²) in [5.41, 5.74) is 4.32. The summed E-state index contributed by atoms with van der Waals surface area (Å²) in [6.07, 6.45) is 6.05. The highest BCUT2D eigenvalue weighted by molar-refractivity contribution is 5.77. The van der Waals surface area contributed by atoms with Crippen LogP contribution in [0, 0.1) is 12.8 Å². The van der Waals surface area contributed by atoms with Crippen molar-refractivity contribution in [2.24, 2.45) is 5.92 Å². The second-order valence-corrected chi connectivity index (χ2v) is 8.75. The molecule has 4 rings (SSSR count). The molecule has 1 aliphatic carbocycles. The van der Waals surface area contributed by atoms with E-state index in [-0.39, 0.29) is 17.7 Å². The van der Waals surface area contributed by atoms with Crippen molar-refractivity contribution in [3.05, 3.63) is 46.7 Å². The topological polar surface area (TPSA) is 59.2 Å². The van der Waals surface area contributed by atoms with Crippen LogP contribution >= 0.6 is 0 Å². The first-order valence-electron chi connectivity index (χ1n) is 10.7. The van der Waals surface area contributed by atoms with Crippen molar-refractivity contribution in [2.75, 3.05) is 13.1 Å². The number of carbonyl (C=O) groups excluding carboxylic acids is 1. The molecule has 1 fully saturated rings. The van der Waals surface area contributed by atoms with Crippen LogP contribution in [0.25, 0.3) is 0 Å². The van der Waals surface area contributed by atoms with Crippen LogP contribution in [0.2, 0.25) is 0 Å². The van der Waals surface area contributed by atoms with Crippen LogP contribution in [0.3, 0.4) is 0 Å². The molecule has 1 atom stereocenters. The molecule has 5 nitrogen and oxygen atoms in total. The molecule has 5 heteroatoms. The number of piperidine rings is 1. The number of hydrogen-bond acceptors (Lipinski definition) is 4. The zero-order chi connectivity index (χ0) is 19.7. The Labute approximate surface area is 167 Å². The molecule has 1 amide bonds. The standard InChI is InChI=1S/C23H31N3O2/c1-15(2)21(20-8-7-17-5-4-6-19(17)13-20)14-22(27)26-11-9-18(10-12-26)23-25-24-16(3)28-23/h7-8,13,15,18,21H,4-6,9-12,14H2,1-3H3. The molecule has 28 heavy (non-hydrogen) atoms. The molecule has 1 aromatic carbocycles. The van der Waals surface area contributed by atoms with E-state index in [0.29, 0.717) is 18.2 Å². The molecular weight excluding hydrogens is 350 g/mol. The fourth-order valence-corrected chi connectivity index (χ4v) is 4.73. The second kappa shape index (κ2) is 8.06. The Hall–Kier alpha value is -2.17. The summed E-state index contributed by atoms with van der Waals surface area (Å²) >= 11 is 0. The Bertz CT molecular complexity index is 834. The average molecular weight is 382 g/mol. The van der Waals surface area contributed by atoms with Crippen LogP contribution in [-0.2, 0) is 17.6 Å². The molecule has 150 valence electrons. The summed E-state index contributed by atoms with van der Waals surface area (Å²) in [6.45, 7) is 7.84. The van der Waals surface area contributed by atoms with Crippen LogP contribution < -0.4 is 0 Å². The smallest absolute Gasteiger partial charge is 0.223 e. The maximum absolute atomic E-state index is 13.0. The first-order valence-corrected chi connectivity index (χ1v) is 10.7. The molecule has 1 unspecified atom stereocenters. The molecule has 1 aromatic heterocycles. The summed E-state index contributed by atoms with van der Waals surface area (Å²) in [6, 6.07) is 6.91. The monoisotopic (exact) mass is 381 g/mol. The predicted molar refractivity (Wildman–Crippen MR) is 108 cm³/mol. The van der Waals surface area contributed by atoms with E-state index in [4.69, 9.17) is 4.42 Å². The van der Waals surface area contributed by atoms with Gasteiger partial charge in [0.15, 0.2) is 0 Å². The third-order valence-corrected chi connectivity index (χ3v) is 6.49. The molecule has 0 bridgehead atoms. The molecule has 1 saturated heterocycles. The molecule has 0 spiro atoms. The summed E-state index contributed by atoms with van der Waals surface area (Å²) in [7, 11) is 0. The Morgan fingerprint density at radius 2 is 1.93 bits per heavy atom. The van der Waals surface area contributed by atoms with E-state index in [1.807, 2.05) is 11.8 Å². The number of nitrogens with zero attached hydrogens (tertiary/aromatic N) is 3. The minimum absolute atomic E-state index is 0.277. The molecule has 2 heterocycles. The third kappa shape index (κ3) is 3.98. The number of hydrogen-bond donors (Lipinski definition) is 0. The van der Waals surface area contributed by atoms with E-state index in [1.54, 1.807) is 0 Å². The van der Waals surface area contributed by atoms with Crippen LogP contribution in [0.15, 0.2) is 22.6 Å². The molecule has 0 radical (unpaired) electrons. The number of rotatable bonds is 5. The lowest BCUT2D eigenvalue weighted by Crippen LogP contribution is -2.39. The van der Waals surface area contributed by atoms with Gasteiger partial charge in [0.2, 0.25) is 17.7 Å². The van der Waals surface area contributed by atoms with Gasteiger partial charge in [-0.1, -0.05) is 32.0 Å². The lowest BCUT2D eigenvalue weighted by molar-refractivity contribution is -0.133. The average Bonchev–Trinajstić information content (AvgIpc) is 3.34. The maximum atomic E-state index is 13.0. The Morgan fingerprint density at radius 1 is 1.18 bits per heavy atom. The lowest BCUT2D eigenvalue weighted by Gasteiger charge is -2.32. The van der Waals surface area contributed by atoms with Gasteiger partial charge in [0.25, 0.3) is 0 Å². The SMILES string of the molecule is Cc1nnc(C2CCN(C(=O)CC(c3ccc4c(c3)CCC4)C(C)C)CC2)o1. The zero-order valence-electron chi connectivity index (χ0n) is 17.3. The molecule has 2 aromatic rings. The van der Waals surface area contributed by atoms with E-state index >= 15 is 0 Å². The van der Waals surface area contributed by atoms with E-state index in [1.165, 1.54) is 36.0 Å². The highest BCUT2D eigenvalue weighted by atomic mass is 16.4. The van der Waals surface area contributed by atoms with Gasteiger partial charge in [0, 0.05) is 32.4 Å². The van der Waals surface area contributed by atoms with Gasteiger partial charge in [-0.2, -0.15) is 0 Å². The van der Waals surface area contributed by atoms with Crippen molar-refractivity contribution in [1.82, 2.24) is 15.1 Å². The van der Waals surface area contributed by atoms with Gasteiger partial charge in [-0.25, -0.2) is 0 Å². The molecule has 2 aliphatic rings. The van der Waals surface area contributed by atoms with E-state index in [2.05, 4.69) is 42.2 Å². The zero-order valence-corrected chi connectivity index (χ0v) is 17.3. The molecular formula is C23H31N3O2. The first kappa shape index (κ1) is 19.2. The van der Waals surface area contributed by atoms with Crippen LogP contribution in [0.5, 0.6) is 0 Å². The number of likely N-dealkylation sites (tertiary alicyclic amines) is 1. The van der Waals surface area contributed by atoms with Gasteiger partial charge in [-0.15, -0.1) is 10.2 Å². The lowest BCUT2D eigenvalue weighted by atomic mass is 9.84. The van der Waals surface area contributed by atoms with Gasteiger partial charge in [0.05, 0.1) is 0 Å². The Kier molecular flexibility index (Phi) is 5.51. The van der Waals surface area contributed by atoms with E-state index < -0.39 is 0 Å². The normalized spacial score (nSPS) is 18.5. The summed E-state index contributed by atoms with van der Waals surface area (Å²) < 4.78 is 5.58. The number of amides is 1. The highest BCUT2D eigenvalue weighted by Gasteiger charge is 2.29. The van der Waals surface area contributed by atoms with Crippen molar-refractivity contribution < 1.29 is 9.21 Å². The summed E-state index contributed by atoms with van der Waals surface area (Å²) in [4.78, 5) is 15.1. The highest BCUT2D eigenvalue weighted by Crippen LogP contribution is 2.34. The van der Waals surface area contributed by atoms with Crippen LogP contribution in [0.1, 0.15) is 79.8 Å². The number of carbonyl (C=O) groups is 1. The quantitative estimate of drug-likeness (QED) is 0.770. The first-order chi connectivity index (χ1) is 13.5. The third-order valence-electron chi connectivity index (χ3n) is 6.49. The number of aryl methyl sites for hydroxylation is 3. The number of fused-ring (bicyclic) bond motifs is 1. The summed E-state index contributed by atoms with van der Waals surface area (Å²) in [5.74, 6) is 2.63. The van der Waals surface area contributed by atoms with Crippen molar-refractivity contribution in [3.63, 3.8) is 0 Å². The van der Waals surface area contributed by atoms with Gasteiger partial charge in [0.1, 0.15) is 0 Å². The predicted octanol–water partition coefficient (Wildman–Crippen LogP) is 4.40. The largest absolute Gasteiger partial charge is 0.425 e. The number of aromatic nitrogens is 2. The van der Waals surface area contributed by atoms with Gasteiger partial charge >= 0.3 is 0 Å². The van der Waals surface area contributed by atoms with Gasteiger partial charge < -0.3 is 9.32 Å². The van der Waals surface area contributed by atoms with E-state index in [0.717, 1.165) is 31.8 Å². The Balaban J connectivity index is 1.39. The van der Waals surface area contributed by atoms with Crippen molar-refractivity contribution >= 4 is 5.91 Å². The van der Waals surface area contributed by atoms with E-state index in [9.17, 15) is 4.79 Å². The van der Waals surface area contributed by atoms with Gasteiger partial charge in [-0.3, -0.25) is 4.79 Å². The fraction of sp³-hybridized carbons (Fsp3) is 0.609. The van der Waals surface area contributed by atoms with Crippen LogP contribution in [0.4, 0.5) is 0 Å². The minimum Gasteiger partial charge on any atom is -0.425 e. The molecule has 0 N–H and O–H groups in total.